The van der Waals surface area contributed by atoms with Gasteiger partial charge in [-0.1, -0.05) is 12.1 Å². The molecule has 1 amide bonds. The molecule has 1 saturated carbocycles. The van der Waals surface area contributed by atoms with Crippen molar-refractivity contribution in [2.24, 2.45) is 17.6 Å². The summed E-state index contributed by atoms with van der Waals surface area (Å²) in [5, 5.41) is 55.4. The van der Waals surface area contributed by atoms with Crippen LogP contribution in [0.1, 0.15) is 31.4 Å². The fraction of sp³-hybridized carbons (Fsp3) is 0.435. The Morgan fingerprint density at radius 2 is 1.70 bits per heavy atom. The largest absolute Gasteiger partial charge is 0.509 e. The summed E-state index contributed by atoms with van der Waals surface area (Å²) in [4.78, 5) is 40.6. The summed E-state index contributed by atoms with van der Waals surface area (Å²) in [6, 6.07) is 4.23. The first-order valence-corrected chi connectivity index (χ1v) is 10.4. The number of nitrogens with two attached hydrogens (primary N) is 1. The van der Waals surface area contributed by atoms with Gasteiger partial charge in [0.1, 0.15) is 22.8 Å². The van der Waals surface area contributed by atoms with Gasteiger partial charge in [-0.15, -0.1) is 0 Å². The summed E-state index contributed by atoms with van der Waals surface area (Å²) in [7, 11) is 3.06. The predicted molar refractivity (Wildman–Crippen MR) is 115 cm³/mol. The summed E-state index contributed by atoms with van der Waals surface area (Å²) in [6.45, 7) is 2.86. The minimum absolute atomic E-state index is 0.165. The third-order valence-electron chi connectivity index (χ3n) is 7.82. The van der Waals surface area contributed by atoms with Crippen LogP contribution in [0.25, 0.3) is 5.76 Å². The van der Waals surface area contributed by atoms with Crippen LogP contribution in [0, 0.1) is 11.8 Å². The maximum atomic E-state index is 13.8. The molecule has 1 fully saturated rings. The Labute approximate surface area is 189 Å². The number of Topliss-reactive ketones (excluding diaryl/α,β-unsaturated/α-hetero) is 2. The Hall–Kier alpha value is -3.21. The summed E-state index contributed by atoms with van der Waals surface area (Å²) in [5.41, 5.74) is -2.27. The number of phenolic OH excluding ortho intramolecular Hbond substituents is 1. The molecule has 0 bridgehead atoms. The fourth-order valence-corrected chi connectivity index (χ4v) is 5.73. The molecule has 10 nitrogen and oxygen atoms in total. The molecule has 33 heavy (non-hydrogen) atoms. The Kier molecular flexibility index (Phi) is 4.63. The lowest BCUT2D eigenvalue weighted by Crippen LogP contribution is -2.72. The third-order valence-corrected chi connectivity index (χ3v) is 7.82. The number of nitrogens with zero attached hydrogens (tertiary/aromatic N) is 1. The van der Waals surface area contributed by atoms with Crippen LogP contribution >= 0.6 is 0 Å². The number of hydrogen-bond donors (Lipinski definition) is 6. The molecule has 4 rings (SSSR count). The van der Waals surface area contributed by atoms with Crippen molar-refractivity contribution >= 4 is 23.2 Å². The van der Waals surface area contributed by atoms with E-state index in [0.717, 1.165) is 0 Å². The van der Waals surface area contributed by atoms with Crippen LogP contribution in [-0.4, -0.2) is 73.1 Å². The molecular formula is C23H26N2O8. The second-order valence-corrected chi connectivity index (χ2v) is 9.50. The molecule has 0 heterocycles. The highest BCUT2D eigenvalue weighted by molar-refractivity contribution is 6.33. The normalized spacial score (nSPS) is 36.0. The molecule has 3 aliphatic rings. The standard InChI is InChI=1S/C23H26N2O8/c1-21(25(3)4)12-8-10-14(16(27)13-9(22(10,2)32)6-5-7-11(13)26)18(29)23(12,33)19(30)15(17(21)28)20(24)31/h5-7,10,12,26-28,32-33H,8H2,1-4H3,(H2,24,31)/t10-,12-,21-,22+,23-/m0/s1. The number of hydrogen-bond acceptors (Lipinski definition) is 9. The minimum Gasteiger partial charge on any atom is -0.509 e. The summed E-state index contributed by atoms with van der Waals surface area (Å²) in [5.74, 6) is -8.07. The van der Waals surface area contributed by atoms with Gasteiger partial charge in [0.2, 0.25) is 11.6 Å². The monoisotopic (exact) mass is 458 g/mol. The van der Waals surface area contributed by atoms with Gasteiger partial charge in [-0.25, -0.2) is 0 Å². The van der Waals surface area contributed by atoms with Crippen LogP contribution in [0.3, 0.4) is 0 Å². The predicted octanol–water partition coefficient (Wildman–Crippen LogP) is 0.0191. The highest BCUT2D eigenvalue weighted by Gasteiger charge is 2.70. The van der Waals surface area contributed by atoms with Crippen LogP contribution < -0.4 is 5.73 Å². The van der Waals surface area contributed by atoms with E-state index in [2.05, 4.69) is 0 Å². The molecule has 0 unspecified atom stereocenters. The van der Waals surface area contributed by atoms with Crippen molar-refractivity contribution < 1.29 is 39.9 Å². The average Bonchev–Trinajstić information content (AvgIpc) is 2.72. The van der Waals surface area contributed by atoms with Gasteiger partial charge >= 0.3 is 0 Å². The average molecular weight is 458 g/mol. The molecule has 0 aliphatic heterocycles. The molecule has 0 saturated heterocycles. The molecular weight excluding hydrogens is 432 g/mol. The molecule has 3 aliphatic carbocycles. The van der Waals surface area contributed by atoms with Gasteiger partial charge in [0.05, 0.1) is 16.7 Å². The van der Waals surface area contributed by atoms with Gasteiger partial charge in [0.15, 0.2) is 5.60 Å². The number of aliphatic hydroxyl groups is 4. The molecule has 0 spiro atoms. The Morgan fingerprint density at radius 1 is 1.09 bits per heavy atom. The zero-order valence-electron chi connectivity index (χ0n) is 18.6. The Balaban J connectivity index is 2.07. The highest BCUT2D eigenvalue weighted by Crippen LogP contribution is 2.58. The molecule has 10 heteroatoms. The van der Waals surface area contributed by atoms with Gasteiger partial charge in [0, 0.05) is 17.4 Å². The van der Waals surface area contributed by atoms with E-state index in [1.165, 1.54) is 51.0 Å². The Morgan fingerprint density at radius 3 is 2.24 bits per heavy atom. The third kappa shape index (κ3) is 2.51. The van der Waals surface area contributed by atoms with Gasteiger partial charge in [0.25, 0.3) is 5.91 Å². The maximum Gasteiger partial charge on any atom is 0.255 e. The van der Waals surface area contributed by atoms with Crippen LogP contribution in [0.4, 0.5) is 0 Å². The molecule has 1 aromatic rings. The fourth-order valence-electron chi connectivity index (χ4n) is 5.73. The van der Waals surface area contributed by atoms with E-state index in [-0.39, 0.29) is 17.5 Å². The lowest BCUT2D eigenvalue weighted by Gasteiger charge is -2.57. The number of rotatable bonds is 2. The first kappa shape index (κ1) is 23.0. The lowest BCUT2D eigenvalue weighted by atomic mass is 9.51. The summed E-state index contributed by atoms with van der Waals surface area (Å²) >= 11 is 0. The molecule has 1 aromatic carbocycles. The number of primary amides is 1. The van der Waals surface area contributed by atoms with E-state index in [4.69, 9.17) is 5.73 Å². The van der Waals surface area contributed by atoms with Gasteiger partial charge in [-0.2, -0.15) is 0 Å². The summed E-state index contributed by atoms with van der Waals surface area (Å²) < 4.78 is 0. The SMILES string of the molecule is CN(C)[C@]1(C)C(O)=C(C(N)=O)C(=O)[C@@]2(O)C(=O)C3=C(O)c4c(O)cccc4[C@@](C)(O)[C@H]3C[C@H]21. The quantitative estimate of drug-likeness (QED) is 0.263. The number of phenols is 1. The molecule has 176 valence electrons. The van der Waals surface area contributed by atoms with E-state index in [0.29, 0.717) is 0 Å². The topological polar surface area (TPSA) is 182 Å². The van der Waals surface area contributed by atoms with Crippen molar-refractivity contribution in [1.29, 1.82) is 0 Å². The number of aromatic hydroxyl groups is 1. The molecule has 0 radical (unpaired) electrons. The smallest absolute Gasteiger partial charge is 0.255 e. The van der Waals surface area contributed by atoms with Crippen molar-refractivity contribution in [3.05, 3.63) is 46.2 Å². The molecule has 7 N–H and O–H groups in total. The number of carbonyl (C=O) groups is 3. The van der Waals surface area contributed by atoms with Crippen molar-refractivity contribution in [2.45, 2.75) is 37.0 Å². The molecule has 0 aromatic heterocycles. The van der Waals surface area contributed by atoms with E-state index in [1.54, 1.807) is 0 Å². The van der Waals surface area contributed by atoms with Gasteiger partial charge < -0.3 is 31.3 Å². The minimum atomic E-state index is -2.85. The number of carbonyl (C=O) groups excluding carboxylic acids is 3. The van der Waals surface area contributed by atoms with Crippen LogP contribution in [-0.2, 0) is 20.0 Å². The second-order valence-electron chi connectivity index (χ2n) is 9.50. The van der Waals surface area contributed by atoms with Crippen molar-refractivity contribution in [2.75, 3.05) is 14.1 Å². The van der Waals surface area contributed by atoms with Gasteiger partial charge in [-0.05, 0) is 46.0 Å². The second kappa shape index (κ2) is 6.66. The Bertz CT molecular complexity index is 1200. The first-order valence-electron chi connectivity index (χ1n) is 10.4. The number of ketones is 2. The number of benzene rings is 1. The maximum absolute atomic E-state index is 13.8. The van der Waals surface area contributed by atoms with Crippen LogP contribution in [0.2, 0.25) is 0 Å². The van der Waals surface area contributed by atoms with Gasteiger partial charge in [-0.3, -0.25) is 19.3 Å². The zero-order valence-corrected chi connectivity index (χ0v) is 18.6. The first-order chi connectivity index (χ1) is 15.1. The van der Waals surface area contributed by atoms with E-state index in [1.807, 2.05) is 0 Å². The lowest BCUT2D eigenvalue weighted by molar-refractivity contribution is -0.172. The van der Waals surface area contributed by atoms with Crippen molar-refractivity contribution in [1.82, 2.24) is 4.90 Å². The number of likely N-dealkylation sites (N-methyl/N-ethyl adjacent to an activating group) is 1. The molecule has 5 atom stereocenters. The van der Waals surface area contributed by atoms with Crippen molar-refractivity contribution in [3.8, 4) is 5.75 Å². The van der Waals surface area contributed by atoms with E-state index in [9.17, 15) is 39.9 Å². The number of amides is 1. The van der Waals surface area contributed by atoms with E-state index >= 15 is 0 Å². The number of fused-ring (bicyclic) bond motifs is 3. The van der Waals surface area contributed by atoms with Crippen LogP contribution in [0.15, 0.2) is 35.1 Å². The zero-order chi connectivity index (χ0) is 24.8. The van der Waals surface area contributed by atoms with E-state index < -0.39 is 74.5 Å². The van der Waals surface area contributed by atoms with Crippen molar-refractivity contribution in [3.63, 3.8) is 0 Å². The number of aliphatic hydroxyl groups excluding tert-OH is 2. The van der Waals surface area contributed by atoms with Crippen LogP contribution in [0.5, 0.6) is 5.75 Å². The highest BCUT2D eigenvalue weighted by atomic mass is 16.3. The summed E-state index contributed by atoms with van der Waals surface area (Å²) in [6.07, 6.45) is -0.222.